The molecule has 0 atom stereocenters. The zero-order valence-corrected chi connectivity index (χ0v) is 15.5. The Morgan fingerprint density at radius 1 is 1.04 bits per heavy atom. The monoisotopic (exact) mass is 354 g/mol. The number of hydrogen-bond acceptors (Lipinski definition) is 4. The Hall–Kier alpha value is -1.88. The molecule has 144 valence electrons. The fourth-order valence-electron chi connectivity index (χ4n) is 1.78. The SMILES string of the molecule is C=CCOC(=O)C(=C)CC(=O)O.CCCCC=CCCCCCCO. The van der Waals surface area contributed by atoms with Crippen molar-refractivity contribution in [3.63, 3.8) is 0 Å². The molecule has 0 radical (unpaired) electrons. The topological polar surface area (TPSA) is 83.8 Å². The highest BCUT2D eigenvalue weighted by molar-refractivity contribution is 5.92. The number of ether oxygens (including phenoxy) is 1. The summed E-state index contributed by atoms with van der Waals surface area (Å²) in [7, 11) is 0. The van der Waals surface area contributed by atoms with Crippen molar-refractivity contribution < 1.29 is 24.5 Å². The highest BCUT2D eigenvalue weighted by Gasteiger charge is 2.10. The summed E-state index contributed by atoms with van der Waals surface area (Å²) in [5.41, 5.74) is -0.0654. The molecule has 0 aromatic carbocycles. The second kappa shape index (κ2) is 20.2. The molecule has 0 aromatic heterocycles. The Bertz CT molecular complexity index is 399. The van der Waals surface area contributed by atoms with Crippen LogP contribution in [0.25, 0.3) is 0 Å². The van der Waals surface area contributed by atoms with Crippen molar-refractivity contribution in [1.29, 1.82) is 0 Å². The van der Waals surface area contributed by atoms with E-state index in [1.807, 2.05) is 0 Å². The Kier molecular flexibility index (Phi) is 20.5. The zero-order chi connectivity index (χ0) is 19.3. The maximum Gasteiger partial charge on any atom is 0.334 e. The number of rotatable bonds is 14. The van der Waals surface area contributed by atoms with Gasteiger partial charge in [0.1, 0.15) is 6.61 Å². The highest BCUT2D eigenvalue weighted by Crippen LogP contribution is 2.04. The van der Waals surface area contributed by atoms with E-state index in [0.717, 1.165) is 6.42 Å². The third-order valence-electron chi connectivity index (χ3n) is 3.16. The summed E-state index contributed by atoms with van der Waals surface area (Å²) in [4.78, 5) is 20.9. The van der Waals surface area contributed by atoms with Gasteiger partial charge in [-0.3, -0.25) is 4.79 Å². The Morgan fingerprint density at radius 2 is 1.64 bits per heavy atom. The first-order valence-corrected chi connectivity index (χ1v) is 8.92. The van der Waals surface area contributed by atoms with Gasteiger partial charge in [-0.25, -0.2) is 4.79 Å². The molecule has 5 heteroatoms. The molecule has 0 bridgehead atoms. The van der Waals surface area contributed by atoms with Gasteiger partial charge in [-0.05, 0) is 25.7 Å². The molecule has 0 aliphatic carbocycles. The zero-order valence-electron chi connectivity index (χ0n) is 15.5. The highest BCUT2D eigenvalue weighted by atomic mass is 16.5. The standard InChI is InChI=1S/C12H24O.C8H10O4/c1-2-3-4-5-6-7-8-9-10-11-12-13;1-3-4-12-8(11)6(2)5-7(9)10/h5-6,13H,2-4,7-12H2,1H3;3H,1-2,4-5H2,(H,9,10). The lowest BCUT2D eigenvalue weighted by atomic mass is 10.1. The summed E-state index contributed by atoms with van der Waals surface area (Å²) in [5.74, 6) is -1.80. The van der Waals surface area contributed by atoms with Crippen LogP contribution in [0.4, 0.5) is 0 Å². The number of allylic oxidation sites excluding steroid dienone is 2. The minimum absolute atomic E-state index is 0.0654. The Morgan fingerprint density at radius 3 is 2.16 bits per heavy atom. The van der Waals surface area contributed by atoms with Gasteiger partial charge >= 0.3 is 11.9 Å². The van der Waals surface area contributed by atoms with Gasteiger partial charge in [0.05, 0.1) is 6.42 Å². The van der Waals surface area contributed by atoms with E-state index >= 15 is 0 Å². The average molecular weight is 354 g/mol. The van der Waals surface area contributed by atoms with Crippen LogP contribution >= 0.6 is 0 Å². The molecule has 25 heavy (non-hydrogen) atoms. The van der Waals surface area contributed by atoms with Crippen LogP contribution < -0.4 is 0 Å². The quantitative estimate of drug-likeness (QED) is 0.209. The van der Waals surface area contributed by atoms with E-state index in [0.29, 0.717) is 6.61 Å². The maximum atomic E-state index is 10.8. The maximum absolute atomic E-state index is 10.8. The van der Waals surface area contributed by atoms with E-state index in [4.69, 9.17) is 10.2 Å². The number of carboxylic acids is 1. The molecule has 0 spiro atoms. The lowest BCUT2D eigenvalue weighted by Gasteiger charge is -2.01. The van der Waals surface area contributed by atoms with Gasteiger partial charge in [0.2, 0.25) is 0 Å². The van der Waals surface area contributed by atoms with E-state index in [1.54, 1.807) is 0 Å². The van der Waals surface area contributed by atoms with E-state index in [9.17, 15) is 9.59 Å². The van der Waals surface area contributed by atoms with Crippen molar-refractivity contribution in [2.75, 3.05) is 13.2 Å². The van der Waals surface area contributed by atoms with E-state index in [-0.39, 0.29) is 12.2 Å². The normalized spacial score (nSPS) is 10.0. The van der Waals surface area contributed by atoms with Crippen LogP contribution in [0.3, 0.4) is 0 Å². The first-order chi connectivity index (χ1) is 12.0. The molecule has 0 saturated carbocycles. The number of aliphatic hydroxyl groups is 1. The minimum atomic E-state index is -1.10. The number of carbonyl (C=O) groups is 2. The number of carboxylic acid groups (broad SMARTS) is 1. The summed E-state index contributed by atoms with van der Waals surface area (Å²) in [6, 6.07) is 0. The minimum Gasteiger partial charge on any atom is -0.481 e. The number of hydrogen-bond donors (Lipinski definition) is 2. The average Bonchev–Trinajstić information content (AvgIpc) is 2.58. The third kappa shape index (κ3) is 22.1. The lowest BCUT2D eigenvalue weighted by molar-refractivity contribution is -0.142. The van der Waals surface area contributed by atoms with Gasteiger partial charge < -0.3 is 14.9 Å². The summed E-state index contributed by atoms with van der Waals surface area (Å²) in [6.07, 6.45) is 15.4. The van der Waals surface area contributed by atoms with Crippen LogP contribution in [0.1, 0.15) is 64.7 Å². The number of esters is 1. The molecular formula is C20H34O5. The molecule has 0 rings (SSSR count). The number of aliphatic hydroxyl groups excluding tert-OH is 1. The van der Waals surface area contributed by atoms with Crippen molar-refractivity contribution in [2.24, 2.45) is 0 Å². The second-order valence-corrected chi connectivity index (χ2v) is 5.60. The van der Waals surface area contributed by atoms with Crippen molar-refractivity contribution in [3.8, 4) is 0 Å². The van der Waals surface area contributed by atoms with E-state index in [2.05, 4.69) is 37.0 Å². The van der Waals surface area contributed by atoms with Gasteiger partial charge in [0.15, 0.2) is 0 Å². The number of unbranched alkanes of at least 4 members (excludes halogenated alkanes) is 6. The second-order valence-electron chi connectivity index (χ2n) is 5.60. The summed E-state index contributed by atoms with van der Waals surface area (Å²) < 4.78 is 4.53. The van der Waals surface area contributed by atoms with E-state index in [1.165, 1.54) is 51.0 Å². The molecule has 0 aromatic rings. The summed E-state index contributed by atoms with van der Waals surface area (Å²) >= 11 is 0. The van der Waals surface area contributed by atoms with Gasteiger partial charge in [0, 0.05) is 12.2 Å². The molecule has 0 amide bonds. The summed E-state index contributed by atoms with van der Waals surface area (Å²) in [5, 5.41) is 16.8. The van der Waals surface area contributed by atoms with Crippen LogP contribution in [0, 0.1) is 0 Å². The lowest BCUT2D eigenvalue weighted by Crippen LogP contribution is -2.10. The largest absolute Gasteiger partial charge is 0.481 e. The Labute approximate surface area is 152 Å². The van der Waals surface area contributed by atoms with Gasteiger partial charge in [-0.1, -0.05) is 64.0 Å². The predicted octanol–water partition coefficient (Wildman–Crippen LogP) is 4.42. The first-order valence-electron chi connectivity index (χ1n) is 8.92. The van der Waals surface area contributed by atoms with Crippen LogP contribution in [-0.2, 0) is 14.3 Å². The van der Waals surface area contributed by atoms with Crippen LogP contribution in [0.15, 0.2) is 37.0 Å². The molecule has 0 aliphatic rings. The van der Waals surface area contributed by atoms with Crippen molar-refractivity contribution in [1.82, 2.24) is 0 Å². The van der Waals surface area contributed by atoms with E-state index < -0.39 is 18.4 Å². The molecule has 2 N–H and O–H groups in total. The van der Waals surface area contributed by atoms with Gasteiger partial charge in [-0.2, -0.15) is 0 Å². The number of aliphatic carboxylic acids is 1. The molecule has 5 nitrogen and oxygen atoms in total. The van der Waals surface area contributed by atoms with Crippen molar-refractivity contribution in [3.05, 3.63) is 37.0 Å². The van der Waals surface area contributed by atoms with Gasteiger partial charge in [0.25, 0.3) is 0 Å². The fourth-order valence-corrected chi connectivity index (χ4v) is 1.78. The molecule has 0 unspecified atom stereocenters. The molecular weight excluding hydrogens is 320 g/mol. The smallest absolute Gasteiger partial charge is 0.334 e. The third-order valence-corrected chi connectivity index (χ3v) is 3.16. The van der Waals surface area contributed by atoms with Crippen LogP contribution in [-0.4, -0.2) is 35.4 Å². The molecule has 0 aliphatic heterocycles. The molecule has 0 fully saturated rings. The number of carbonyl (C=O) groups excluding carboxylic acids is 1. The van der Waals surface area contributed by atoms with Crippen LogP contribution in [0.5, 0.6) is 0 Å². The Balaban J connectivity index is 0. The molecule has 0 heterocycles. The predicted molar refractivity (Wildman–Crippen MR) is 101 cm³/mol. The first kappa shape index (κ1) is 25.4. The van der Waals surface area contributed by atoms with Gasteiger partial charge in [-0.15, -0.1) is 0 Å². The molecule has 0 saturated heterocycles. The van der Waals surface area contributed by atoms with Crippen molar-refractivity contribution >= 4 is 11.9 Å². The van der Waals surface area contributed by atoms with Crippen molar-refractivity contribution in [2.45, 2.75) is 64.7 Å². The summed E-state index contributed by atoms with van der Waals surface area (Å²) in [6.45, 7) is 9.23. The fraction of sp³-hybridized carbons (Fsp3) is 0.600. The van der Waals surface area contributed by atoms with Crippen LogP contribution in [0.2, 0.25) is 0 Å².